The molecule has 3 heteroatoms. The van der Waals surface area contributed by atoms with E-state index in [0.717, 1.165) is 17.7 Å². The van der Waals surface area contributed by atoms with Gasteiger partial charge in [-0.1, -0.05) is 30.7 Å². The number of allylic oxidation sites excluding steroid dienone is 1. The molecule has 2 nitrogen and oxygen atoms in total. The first-order valence-electron chi connectivity index (χ1n) is 7.32. The van der Waals surface area contributed by atoms with Crippen molar-refractivity contribution in [2.45, 2.75) is 54.8 Å². The smallest absolute Gasteiger partial charge is 0.320 e. The minimum atomic E-state index is -0.183. The van der Waals surface area contributed by atoms with Crippen LogP contribution in [-0.2, 0) is 9.53 Å². The number of thioether (sulfide) groups is 1. The third kappa shape index (κ3) is 4.71. The highest BCUT2D eigenvalue weighted by Crippen LogP contribution is 2.28. The molecule has 1 saturated carbocycles. The lowest BCUT2D eigenvalue weighted by Crippen LogP contribution is -2.27. The van der Waals surface area contributed by atoms with Crippen LogP contribution in [0, 0.1) is 0 Å². The van der Waals surface area contributed by atoms with Crippen LogP contribution in [0.1, 0.15) is 38.5 Å². The van der Waals surface area contributed by atoms with E-state index < -0.39 is 0 Å². The molecule has 20 heavy (non-hydrogen) atoms. The lowest BCUT2D eigenvalue weighted by Gasteiger charge is -2.24. The molecule has 108 valence electrons. The van der Waals surface area contributed by atoms with Crippen LogP contribution >= 0.6 is 11.8 Å². The monoisotopic (exact) mass is 290 g/mol. The third-order valence-electron chi connectivity index (χ3n) is 3.50. The second kappa shape index (κ2) is 8.15. The molecule has 1 aromatic carbocycles. The van der Waals surface area contributed by atoms with Crippen LogP contribution in [0.3, 0.4) is 0 Å². The van der Waals surface area contributed by atoms with Crippen molar-refractivity contribution in [1.82, 2.24) is 0 Å². The molecule has 1 fully saturated rings. The average Bonchev–Trinajstić information content (AvgIpc) is 2.49. The molecule has 1 unspecified atom stereocenters. The first-order chi connectivity index (χ1) is 9.79. The van der Waals surface area contributed by atoms with Gasteiger partial charge in [-0.2, -0.15) is 0 Å². The fraction of sp³-hybridized carbons (Fsp3) is 0.471. The maximum Gasteiger partial charge on any atom is 0.320 e. The third-order valence-corrected chi connectivity index (χ3v) is 4.71. The van der Waals surface area contributed by atoms with Crippen LogP contribution < -0.4 is 0 Å². The van der Waals surface area contributed by atoms with Crippen LogP contribution in [-0.4, -0.2) is 17.3 Å². The topological polar surface area (TPSA) is 26.3 Å². The number of hydrogen-bond acceptors (Lipinski definition) is 3. The standard InChI is InChI=1S/C17H22O2S/c1-2-9-16(20-15-12-7-4-8-13-15)17(18)19-14-10-5-3-6-11-14/h2,4,7-8,12-14,16H,1,3,5-6,9-11H2. The van der Waals surface area contributed by atoms with Gasteiger partial charge in [0.2, 0.25) is 0 Å². The summed E-state index contributed by atoms with van der Waals surface area (Å²) in [6.45, 7) is 3.75. The van der Waals surface area contributed by atoms with E-state index in [9.17, 15) is 4.79 Å². The van der Waals surface area contributed by atoms with E-state index in [4.69, 9.17) is 4.74 Å². The summed E-state index contributed by atoms with van der Waals surface area (Å²) in [5.74, 6) is -0.0920. The molecule has 2 rings (SSSR count). The van der Waals surface area contributed by atoms with Crippen LogP contribution in [0.5, 0.6) is 0 Å². The predicted octanol–water partition coefficient (Wildman–Crippen LogP) is 4.60. The van der Waals surface area contributed by atoms with Crippen molar-refractivity contribution in [3.05, 3.63) is 43.0 Å². The molecule has 1 aliphatic carbocycles. The number of hydrogen-bond donors (Lipinski definition) is 0. The number of rotatable bonds is 6. The quantitative estimate of drug-likeness (QED) is 0.435. The fourth-order valence-corrected chi connectivity index (χ4v) is 3.46. The molecule has 1 aromatic rings. The highest BCUT2D eigenvalue weighted by molar-refractivity contribution is 8.00. The van der Waals surface area contributed by atoms with Gasteiger partial charge in [0, 0.05) is 4.90 Å². The van der Waals surface area contributed by atoms with Crippen molar-refractivity contribution in [2.75, 3.05) is 0 Å². The molecule has 0 aliphatic heterocycles. The zero-order valence-electron chi connectivity index (χ0n) is 11.8. The summed E-state index contributed by atoms with van der Waals surface area (Å²) >= 11 is 1.56. The molecule has 0 amide bonds. The van der Waals surface area contributed by atoms with Gasteiger partial charge >= 0.3 is 5.97 Å². The molecule has 0 spiro atoms. The van der Waals surface area contributed by atoms with Gasteiger partial charge < -0.3 is 4.74 Å². The lowest BCUT2D eigenvalue weighted by molar-refractivity contribution is -0.149. The summed E-state index contributed by atoms with van der Waals surface area (Å²) in [5, 5.41) is -0.183. The summed E-state index contributed by atoms with van der Waals surface area (Å²) in [6, 6.07) is 10.00. The van der Waals surface area contributed by atoms with Crippen molar-refractivity contribution in [3.63, 3.8) is 0 Å². The van der Waals surface area contributed by atoms with Gasteiger partial charge in [-0.25, -0.2) is 0 Å². The minimum absolute atomic E-state index is 0.0920. The maximum atomic E-state index is 12.3. The van der Waals surface area contributed by atoms with Crippen molar-refractivity contribution in [3.8, 4) is 0 Å². The number of esters is 1. The highest BCUT2D eigenvalue weighted by atomic mass is 32.2. The molecule has 0 N–H and O–H groups in total. The average molecular weight is 290 g/mol. The highest BCUT2D eigenvalue weighted by Gasteiger charge is 2.24. The Kier molecular flexibility index (Phi) is 6.19. The SMILES string of the molecule is C=CCC(Sc1ccccc1)C(=O)OC1CCCCC1. The van der Waals surface area contributed by atoms with Crippen LogP contribution in [0.15, 0.2) is 47.9 Å². The van der Waals surface area contributed by atoms with Crippen molar-refractivity contribution in [2.24, 2.45) is 0 Å². The zero-order chi connectivity index (χ0) is 14.2. The lowest BCUT2D eigenvalue weighted by atomic mass is 9.98. The minimum Gasteiger partial charge on any atom is -0.462 e. The first kappa shape index (κ1) is 15.2. The maximum absolute atomic E-state index is 12.3. The van der Waals surface area contributed by atoms with Crippen LogP contribution in [0.4, 0.5) is 0 Å². The van der Waals surface area contributed by atoms with E-state index in [0.29, 0.717) is 6.42 Å². The normalized spacial score (nSPS) is 17.4. The van der Waals surface area contributed by atoms with E-state index in [1.54, 1.807) is 17.8 Å². The van der Waals surface area contributed by atoms with Crippen LogP contribution in [0.2, 0.25) is 0 Å². The fourth-order valence-electron chi connectivity index (χ4n) is 2.43. The predicted molar refractivity (Wildman–Crippen MR) is 83.9 cm³/mol. The molecular formula is C17H22O2S. The molecule has 0 heterocycles. The van der Waals surface area contributed by atoms with Crippen molar-refractivity contribution < 1.29 is 9.53 Å². The van der Waals surface area contributed by atoms with Gasteiger partial charge in [0.05, 0.1) is 0 Å². The molecular weight excluding hydrogens is 268 g/mol. The van der Waals surface area contributed by atoms with E-state index in [1.807, 2.05) is 30.3 Å². The number of ether oxygens (including phenoxy) is 1. The van der Waals surface area contributed by atoms with Gasteiger partial charge in [0.15, 0.2) is 0 Å². The van der Waals surface area contributed by atoms with E-state index in [2.05, 4.69) is 6.58 Å². The summed E-state index contributed by atoms with van der Waals surface area (Å²) in [5.41, 5.74) is 0. The van der Waals surface area contributed by atoms with Gasteiger partial charge in [0.25, 0.3) is 0 Å². The van der Waals surface area contributed by atoms with E-state index in [1.165, 1.54) is 19.3 Å². The second-order valence-electron chi connectivity index (χ2n) is 5.14. The van der Waals surface area contributed by atoms with Crippen molar-refractivity contribution in [1.29, 1.82) is 0 Å². The molecule has 0 saturated heterocycles. The van der Waals surface area contributed by atoms with Gasteiger partial charge in [-0.15, -0.1) is 18.3 Å². The van der Waals surface area contributed by atoms with E-state index in [-0.39, 0.29) is 17.3 Å². The largest absolute Gasteiger partial charge is 0.462 e. The molecule has 1 aliphatic rings. The molecule has 1 atom stereocenters. The summed E-state index contributed by atoms with van der Waals surface area (Å²) < 4.78 is 5.67. The molecule has 0 bridgehead atoms. The number of benzene rings is 1. The number of carbonyl (C=O) groups is 1. The van der Waals surface area contributed by atoms with Gasteiger partial charge in [-0.05, 0) is 44.2 Å². The Hall–Kier alpha value is -1.22. The Morgan fingerprint density at radius 1 is 1.30 bits per heavy atom. The Balaban J connectivity index is 1.92. The second-order valence-corrected chi connectivity index (χ2v) is 6.42. The zero-order valence-corrected chi connectivity index (χ0v) is 12.6. The molecule has 0 aromatic heterocycles. The Bertz CT molecular complexity index is 424. The molecule has 0 radical (unpaired) electrons. The van der Waals surface area contributed by atoms with Crippen LogP contribution in [0.25, 0.3) is 0 Å². The Morgan fingerprint density at radius 3 is 2.65 bits per heavy atom. The summed E-state index contributed by atoms with van der Waals surface area (Å²) in [6.07, 6.45) is 8.22. The summed E-state index contributed by atoms with van der Waals surface area (Å²) in [7, 11) is 0. The Labute approximate surface area is 125 Å². The van der Waals surface area contributed by atoms with Gasteiger partial charge in [0.1, 0.15) is 11.4 Å². The summed E-state index contributed by atoms with van der Waals surface area (Å²) in [4.78, 5) is 13.4. The first-order valence-corrected chi connectivity index (χ1v) is 8.20. The van der Waals surface area contributed by atoms with E-state index >= 15 is 0 Å². The Morgan fingerprint density at radius 2 is 2.00 bits per heavy atom. The van der Waals surface area contributed by atoms with Crippen molar-refractivity contribution >= 4 is 17.7 Å². The van der Waals surface area contributed by atoms with Gasteiger partial charge in [-0.3, -0.25) is 4.79 Å². The number of carbonyl (C=O) groups excluding carboxylic acids is 1.